The first-order valence-electron chi connectivity index (χ1n) is 7.62. The Morgan fingerprint density at radius 1 is 1.04 bits per heavy atom. The van der Waals surface area contributed by atoms with E-state index < -0.39 is 30.0 Å². The lowest BCUT2D eigenvalue weighted by Gasteiger charge is -2.16. The fourth-order valence-electron chi connectivity index (χ4n) is 1.98. The van der Waals surface area contributed by atoms with Gasteiger partial charge in [-0.2, -0.15) is 0 Å². The molecule has 7 heteroatoms. The highest BCUT2D eigenvalue weighted by Crippen LogP contribution is 2.12. The normalized spacial score (nSPS) is 11.6. The van der Waals surface area contributed by atoms with Crippen LogP contribution in [0.15, 0.2) is 42.5 Å². The Labute approximate surface area is 145 Å². The van der Waals surface area contributed by atoms with E-state index in [4.69, 9.17) is 4.74 Å². The Morgan fingerprint density at radius 3 is 2.28 bits per heavy atom. The molecule has 0 aromatic heterocycles. The molecule has 1 aromatic rings. The fourth-order valence-corrected chi connectivity index (χ4v) is 1.98. The van der Waals surface area contributed by atoms with Crippen molar-refractivity contribution in [2.75, 3.05) is 7.11 Å². The minimum absolute atomic E-state index is 0.0783. The van der Waals surface area contributed by atoms with Gasteiger partial charge in [0.25, 0.3) is 0 Å². The predicted molar refractivity (Wildman–Crippen MR) is 87.2 cm³/mol. The molecule has 1 rings (SSSR count). The molecule has 0 saturated carbocycles. The third-order valence-corrected chi connectivity index (χ3v) is 3.07. The van der Waals surface area contributed by atoms with Crippen molar-refractivity contribution in [2.45, 2.75) is 32.3 Å². The summed E-state index contributed by atoms with van der Waals surface area (Å²) in [5, 5.41) is 0. The molecule has 25 heavy (non-hydrogen) atoms. The van der Waals surface area contributed by atoms with E-state index in [1.165, 1.54) is 7.11 Å². The fraction of sp³-hybridized carbons (Fsp3) is 0.333. The zero-order chi connectivity index (χ0) is 18.7. The summed E-state index contributed by atoms with van der Waals surface area (Å²) >= 11 is 0. The van der Waals surface area contributed by atoms with Gasteiger partial charge in [-0.1, -0.05) is 30.3 Å². The van der Waals surface area contributed by atoms with Gasteiger partial charge in [0.05, 0.1) is 7.11 Å². The third-order valence-electron chi connectivity index (χ3n) is 3.07. The number of esters is 4. The summed E-state index contributed by atoms with van der Waals surface area (Å²) in [5.74, 6) is -2.79. The van der Waals surface area contributed by atoms with Gasteiger partial charge in [0, 0.05) is 31.9 Å². The van der Waals surface area contributed by atoms with Crippen molar-refractivity contribution in [1.29, 1.82) is 0 Å². The Hall–Kier alpha value is -2.96. The van der Waals surface area contributed by atoms with Crippen LogP contribution in [0, 0.1) is 0 Å². The van der Waals surface area contributed by atoms with Crippen molar-refractivity contribution in [2.24, 2.45) is 0 Å². The first kappa shape index (κ1) is 20.1. The van der Waals surface area contributed by atoms with E-state index in [9.17, 15) is 19.2 Å². The molecule has 1 aromatic carbocycles. The first-order chi connectivity index (χ1) is 11.9. The SMILES string of the molecule is COC(=O)C=CC(=O)OC(CCC(=O)OC(C)=O)Cc1ccccc1. The summed E-state index contributed by atoms with van der Waals surface area (Å²) < 4.78 is 14.1. The second-order valence-corrected chi connectivity index (χ2v) is 5.11. The number of carbonyl (C=O) groups is 4. The first-order valence-corrected chi connectivity index (χ1v) is 7.62. The standard InChI is InChI=1S/C18H20O7/c1-13(19)24-17(21)9-8-15(12-14-6-4-3-5-7-14)25-18(22)11-10-16(20)23-2/h3-7,10-11,15H,8-9,12H2,1-2H3. The lowest BCUT2D eigenvalue weighted by Crippen LogP contribution is -2.22. The van der Waals surface area contributed by atoms with E-state index in [-0.39, 0.29) is 12.8 Å². The van der Waals surface area contributed by atoms with Gasteiger partial charge in [-0.05, 0) is 12.0 Å². The Balaban J connectivity index is 2.68. The highest BCUT2D eigenvalue weighted by atomic mass is 16.6. The van der Waals surface area contributed by atoms with Crippen molar-refractivity contribution < 1.29 is 33.4 Å². The number of ether oxygens (including phenoxy) is 3. The molecule has 0 aliphatic rings. The highest BCUT2D eigenvalue weighted by Gasteiger charge is 2.17. The maximum atomic E-state index is 11.8. The van der Waals surface area contributed by atoms with Gasteiger partial charge < -0.3 is 14.2 Å². The quantitative estimate of drug-likeness (QED) is 0.305. The number of rotatable bonds is 8. The molecule has 0 heterocycles. The Morgan fingerprint density at radius 2 is 1.68 bits per heavy atom. The lowest BCUT2D eigenvalue weighted by atomic mass is 10.0. The van der Waals surface area contributed by atoms with Crippen LogP contribution in [0.25, 0.3) is 0 Å². The van der Waals surface area contributed by atoms with Crippen LogP contribution in [-0.2, 0) is 39.8 Å². The van der Waals surface area contributed by atoms with Gasteiger partial charge >= 0.3 is 23.9 Å². The number of hydrogen-bond donors (Lipinski definition) is 0. The molecule has 0 bridgehead atoms. The zero-order valence-corrected chi connectivity index (χ0v) is 14.1. The molecular weight excluding hydrogens is 328 g/mol. The summed E-state index contributed by atoms with van der Waals surface area (Å²) in [6.45, 7) is 1.14. The van der Waals surface area contributed by atoms with Crippen LogP contribution in [0.5, 0.6) is 0 Å². The van der Waals surface area contributed by atoms with Crippen LogP contribution < -0.4 is 0 Å². The van der Waals surface area contributed by atoms with Crippen molar-refractivity contribution in [3.05, 3.63) is 48.0 Å². The summed E-state index contributed by atoms with van der Waals surface area (Å²) in [7, 11) is 1.19. The second-order valence-electron chi connectivity index (χ2n) is 5.11. The van der Waals surface area contributed by atoms with Gasteiger partial charge in [0.2, 0.25) is 0 Å². The molecule has 0 spiro atoms. The van der Waals surface area contributed by atoms with E-state index in [0.29, 0.717) is 6.42 Å². The number of hydrogen-bond acceptors (Lipinski definition) is 7. The molecule has 0 radical (unpaired) electrons. The molecule has 0 fully saturated rings. The number of carbonyl (C=O) groups excluding carboxylic acids is 4. The molecule has 0 aliphatic carbocycles. The minimum Gasteiger partial charge on any atom is -0.466 e. The molecular formula is C18H20O7. The highest BCUT2D eigenvalue weighted by molar-refractivity contribution is 5.91. The van der Waals surface area contributed by atoms with Crippen LogP contribution in [-0.4, -0.2) is 37.1 Å². The van der Waals surface area contributed by atoms with Gasteiger partial charge in [-0.3, -0.25) is 9.59 Å². The Bertz CT molecular complexity index is 634. The maximum absolute atomic E-state index is 11.8. The summed E-state index contributed by atoms with van der Waals surface area (Å²) in [6, 6.07) is 9.26. The van der Waals surface area contributed by atoms with Gasteiger partial charge in [0.15, 0.2) is 0 Å². The van der Waals surface area contributed by atoms with Crippen LogP contribution in [0.1, 0.15) is 25.3 Å². The predicted octanol–water partition coefficient (Wildman–Crippen LogP) is 1.74. The largest absolute Gasteiger partial charge is 0.466 e. The topological polar surface area (TPSA) is 96.0 Å². The molecule has 0 amide bonds. The molecule has 1 unspecified atom stereocenters. The van der Waals surface area contributed by atoms with Crippen LogP contribution in [0.2, 0.25) is 0 Å². The van der Waals surface area contributed by atoms with Crippen LogP contribution in [0.3, 0.4) is 0 Å². The van der Waals surface area contributed by atoms with E-state index in [0.717, 1.165) is 24.6 Å². The van der Waals surface area contributed by atoms with Crippen molar-refractivity contribution in [1.82, 2.24) is 0 Å². The Kier molecular flexibility index (Phi) is 8.63. The second kappa shape index (κ2) is 10.7. The van der Waals surface area contributed by atoms with E-state index >= 15 is 0 Å². The van der Waals surface area contributed by atoms with E-state index in [2.05, 4.69) is 9.47 Å². The van der Waals surface area contributed by atoms with Crippen LogP contribution >= 0.6 is 0 Å². The monoisotopic (exact) mass is 348 g/mol. The zero-order valence-electron chi connectivity index (χ0n) is 14.1. The average molecular weight is 348 g/mol. The van der Waals surface area contributed by atoms with Gasteiger partial charge in [0.1, 0.15) is 6.10 Å². The summed E-state index contributed by atoms with van der Waals surface area (Å²) in [5.41, 5.74) is 0.914. The third kappa shape index (κ3) is 9.04. The minimum atomic E-state index is -0.730. The smallest absolute Gasteiger partial charge is 0.331 e. The van der Waals surface area contributed by atoms with Crippen molar-refractivity contribution in [3.63, 3.8) is 0 Å². The number of methoxy groups -OCH3 is 1. The molecule has 0 saturated heterocycles. The summed E-state index contributed by atoms with van der Waals surface area (Å²) in [6.07, 6.45) is 1.77. The van der Waals surface area contributed by atoms with Gasteiger partial charge in [-0.15, -0.1) is 0 Å². The number of benzene rings is 1. The maximum Gasteiger partial charge on any atom is 0.331 e. The summed E-state index contributed by atoms with van der Waals surface area (Å²) in [4.78, 5) is 45.1. The molecule has 134 valence electrons. The van der Waals surface area contributed by atoms with Gasteiger partial charge in [-0.25, -0.2) is 9.59 Å². The van der Waals surface area contributed by atoms with Crippen molar-refractivity contribution >= 4 is 23.9 Å². The average Bonchev–Trinajstić information content (AvgIpc) is 2.58. The molecule has 0 aliphatic heterocycles. The van der Waals surface area contributed by atoms with Crippen LogP contribution in [0.4, 0.5) is 0 Å². The van der Waals surface area contributed by atoms with E-state index in [1.54, 1.807) is 0 Å². The molecule has 0 N–H and O–H groups in total. The molecule has 7 nitrogen and oxygen atoms in total. The molecule has 1 atom stereocenters. The van der Waals surface area contributed by atoms with E-state index in [1.807, 2.05) is 30.3 Å². The van der Waals surface area contributed by atoms with Crippen molar-refractivity contribution in [3.8, 4) is 0 Å². The lowest BCUT2D eigenvalue weighted by molar-refractivity contribution is -0.159.